The van der Waals surface area contributed by atoms with Gasteiger partial charge in [0.2, 0.25) is 0 Å². The molecule has 0 aromatic carbocycles. The summed E-state index contributed by atoms with van der Waals surface area (Å²) in [7, 11) is 2.79. The van der Waals surface area contributed by atoms with Crippen LogP contribution in [0.3, 0.4) is 0 Å². The van der Waals surface area contributed by atoms with Gasteiger partial charge >= 0.3 is 5.97 Å². The van der Waals surface area contributed by atoms with E-state index >= 15 is 0 Å². The Bertz CT molecular complexity index is 341. The quantitative estimate of drug-likeness (QED) is 0.686. The molecule has 1 aromatic rings. The minimum absolute atomic E-state index is 0.0962. The van der Waals surface area contributed by atoms with Crippen LogP contribution in [0.5, 0.6) is 0 Å². The van der Waals surface area contributed by atoms with E-state index < -0.39 is 5.97 Å². The predicted octanol–water partition coefficient (Wildman–Crippen LogP) is -0.00820. The number of ether oxygens (including phenoxy) is 2. The molecule has 0 aliphatic carbocycles. The van der Waals surface area contributed by atoms with Gasteiger partial charge in [0, 0.05) is 13.3 Å². The largest absolute Gasteiger partial charge is 0.465 e. The topological polar surface area (TPSA) is 87.3 Å². The maximum absolute atomic E-state index is 11.1. The molecule has 0 bridgehead atoms. The van der Waals surface area contributed by atoms with Gasteiger partial charge in [0.15, 0.2) is 5.82 Å². The molecule has 14 heavy (non-hydrogen) atoms. The van der Waals surface area contributed by atoms with E-state index in [0.29, 0.717) is 5.82 Å². The summed E-state index contributed by atoms with van der Waals surface area (Å²) in [5.74, 6) is -0.0250. The van der Waals surface area contributed by atoms with Crippen molar-refractivity contribution in [1.29, 1.82) is 0 Å². The first-order valence-corrected chi connectivity index (χ1v) is 3.87. The van der Waals surface area contributed by atoms with Crippen molar-refractivity contribution in [3.05, 3.63) is 17.6 Å². The van der Waals surface area contributed by atoms with Gasteiger partial charge in [-0.15, -0.1) is 0 Å². The number of methoxy groups -OCH3 is 2. The van der Waals surface area contributed by atoms with E-state index in [1.807, 2.05) is 0 Å². The molecule has 6 heteroatoms. The van der Waals surface area contributed by atoms with E-state index in [1.54, 1.807) is 0 Å². The molecule has 0 radical (unpaired) electrons. The molecule has 76 valence electrons. The Labute approximate surface area is 81.1 Å². The molecule has 0 amide bonds. The van der Waals surface area contributed by atoms with Gasteiger partial charge in [-0.05, 0) is 0 Å². The minimum Gasteiger partial charge on any atom is -0.465 e. The van der Waals surface area contributed by atoms with E-state index in [2.05, 4.69) is 14.7 Å². The second kappa shape index (κ2) is 4.52. The van der Waals surface area contributed by atoms with Crippen LogP contribution in [-0.2, 0) is 16.1 Å². The van der Waals surface area contributed by atoms with Gasteiger partial charge < -0.3 is 15.2 Å². The third-order valence-electron chi connectivity index (χ3n) is 1.55. The number of hydrogen-bond acceptors (Lipinski definition) is 6. The molecule has 1 heterocycles. The van der Waals surface area contributed by atoms with Crippen molar-refractivity contribution in [3.63, 3.8) is 0 Å². The maximum atomic E-state index is 11.1. The van der Waals surface area contributed by atoms with Crippen LogP contribution < -0.4 is 5.73 Å². The van der Waals surface area contributed by atoms with Gasteiger partial charge in [0.05, 0.1) is 7.11 Å². The fraction of sp³-hybridized carbons (Fsp3) is 0.375. The Balaban J connectivity index is 2.95. The summed E-state index contributed by atoms with van der Waals surface area (Å²) in [6.45, 7) is 0.256. The molecule has 0 aliphatic rings. The van der Waals surface area contributed by atoms with Crippen LogP contribution >= 0.6 is 0 Å². The molecule has 0 atom stereocenters. The molecule has 0 saturated heterocycles. The Morgan fingerprint density at radius 1 is 1.57 bits per heavy atom. The second-order valence-corrected chi connectivity index (χ2v) is 2.51. The average Bonchev–Trinajstić information content (AvgIpc) is 2.17. The van der Waals surface area contributed by atoms with Gasteiger partial charge in [0.1, 0.15) is 18.0 Å². The van der Waals surface area contributed by atoms with Gasteiger partial charge in [0.25, 0.3) is 0 Å². The van der Waals surface area contributed by atoms with Crippen LogP contribution in [0, 0.1) is 0 Å². The summed E-state index contributed by atoms with van der Waals surface area (Å²) in [6, 6.07) is 0. The van der Waals surface area contributed by atoms with Crippen molar-refractivity contribution in [3.8, 4) is 0 Å². The lowest BCUT2D eigenvalue weighted by atomic mass is 10.3. The third-order valence-corrected chi connectivity index (χ3v) is 1.55. The number of nitrogen functional groups attached to an aromatic ring is 1. The van der Waals surface area contributed by atoms with Crippen molar-refractivity contribution in [1.82, 2.24) is 9.97 Å². The van der Waals surface area contributed by atoms with Crippen LogP contribution in [0.25, 0.3) is 0 Å². The Kier molecular flexibility index (Phi) is 3.35. The zero-order chi connectivity index (χ0) is 10.6. The maximum Gasteiger partial charge on any atom is 0.343 e. The standard InChI is InChI=1S/C8H11N3O3/c1-13-4-6-10-3-5(7(9)11-6)8(12)14-2/h3H,4H2,1-2H3,(H2,9,10,11). The predicted molar refractivity (Wildman–Crippen MR) is 48.5 cm³/mol. The van der Waals surface area contributed by atoms with E-state index in [9.17, 15) is 4.79 Å². The van der Waals surface area contributed by atoms with Crippen molar-refractivity contribution in [2.45, 2.75) is 6.61 Å². The number of nitrogens with zero attached hydrogens (tertiary/aromatic N) is 2. The van der Waals surface area contributed by atoms with Gasteiger partial charge in [-0.1, -0.05) is 0 Å². The highest BCUT2D eigenvalue weighted by atomic mass is 16.5. The first kappa shape index (κ1) is 10.4. The van der Waals surface area contributed by atoms with E-state index in [4.69, 9.17) is 10.5 Å². The molecule has 0 aliphatic heterocycles. The highest BCUT2D eigenvalue weighted by Gasteiger charge is 2.12. The van der Waals surface area contributed by atoms with Crippen molar-refractivity contribution in [2.75, 3.05) is 20.0 Å². The van der Waals surface area contributed by atoms with E-state index in [-0.39, 0.29) is 18.0 Å². The summed E-state index contributed by atoms with van der Waals surface area (Å²) in [5, 5.41) is 0. The highest BCUT2D eigenvalue weighted by molar-refractivity contribution is 5.93. The number of aromatic nitrogens is 2. The lowest BCUT2D eigenvalue weighted by Crippen LogP contribution is -2.10. The third kappa shape index (κ3) is 2.17. The molecule has 1 rings (SSSR count). The fourth-order valence-corrected chi connectivity index (χ4v) is 0.899. The van der Waals surface area contributed by atoms with Crippen LogP contribution in [0.4, 0.5) is 5.82 Å². The van der Waals surface area contributed by atoms with Crippen LogP contribution in [0.2, 0.25) is 0 Å². The molecule has 1 aromatic heterocycles. The first-order valence-electron chi connectivity index (χ1n) is 3.87. The van der Waals surface area contributed by atoms with E-state index in [1.165, 1.54) is 20.4 Å². The number of anilines is 1. The van der Waals surface area contributed by atoms with E-state index in [0.717, 1.165) is 0 Å². The number of esters is 1. The summed E-state index contributed by atoms with van der Waals surface area (Å²) in [6.07, 6.45) is 1.32. The summed E-state index contributed by atoms with van der Waals surface area (Å²) < 4.78 is 9.30. The summed E-state index contributed by atoms with van der Waals surface area (Å²) >= 11 is 0. The highest BCUT2D eigenvalue weighted by Crippen LogP contribution is 2.08. The normalized spacial score (nSPS) is 9.86. The molecule has 2 N–H and O–H groups in total. The van der Waals surface area contributed by atoms with Gasteiger partial charge in [-0.25, -0.2) is 14.8 Å². The molecule has 0 saturated carbocycles. The van der Waals surface area contributed by atoms with Crippen molar-refractivity contribution < 1.29 is 14.3 Å². The number of carbonyl (C=O) groups is 1. The summed E-state index contributed by atoms with van der Waals surface area (Å²) in [4.78, 5) is 18.8. The zero-order valence-electron chi connectivity index (χ0n) is 7.98. The van der Waals surface area contributed by atoms with Crippen LogP contribution in [-0.4, -0.2) is 30.2 Å². The molecule has 0 unspecified atom stereocenters. The SMILES string of the molecule is COCc1ncc(C(=O)OC)c(N)n1. The average molecular weight is 197 g/mol. The number of carbonyl (C=O) groups excluding carboxylic acids is 1. The number of nitrogens with two attached hydrogens (primary N) is 1. The number of hydrogen-bond donors (Lipinski definition) is 1. The van der Waals surface area contributed by atoms with Crippen LogP contribution in [0.15, 0.2) is 6.20 Å². The Morgan fingerprint density at radius 3 is 2.79 bits per heavy atom. The fourth-order valence-electron chi connectivity index (χ4n) is 0.899. The lowest BCUT2D eigenvalue weighted by molar-refractivity contribution is 0.0601. The Morgan fingerprint density at radius 2 is 2.29 bits per heavy atom. The minimum atomic E-state index is -0.550. The van der Waals surface area contributed by atoms with Crippen LogP contribution in [0.1, 0.15) is 16.2 Å². The zero-order valence-corrected chi connectivity index (χ0v) is 7.98. The molecular weight excluding hydrogens is 186 g/mol. The number of rotatable bonds is 3. The van der Waals surface area contributed by atoms with Crippen molar-refractivity contribution >= 4 is 11.8 Å². The molecular formula is C8H11N3O3. The Hall–Kier alpha value is -1.69. The second-order valence-electron chi connectivity index (χ2n) is 2.51. The van der Waals surface area contributed by atoms with Crippen molar-refractivity contribution in [2.24, 2.45) is 0 Å². The molecule has 6 nitrogen and oxygen atoms in total. The smallest absolute Gasteiger partial charge is 0.343 e. The molecule has 0 spiro atoms. The molecule has 0 fully saturated rings. The summed E-state index contributed by atoms with van der Waals surface area (Å²) in [5.41, 5.74) is 5.68. The first-order chi connectivity index (χ1) is 6.69. The van der Waals surface area contributed by atoms with Gasteiger partial charge in [-0.3, -0.25) is 0 Å². The monoisotopic (exact) mass is 197 g/mol. The van der Waals surface area contributed by atoms with Gasteiger partial charge in [-0.2, -0.15) is 0 Å². The lowest BCUT2D eigenvalue weighted by Gasteiger charge is -2.03.